The molecule has 0 radical (unpaired) electrons. The molecule has 0 aromatic heterocycles. The summed E-state index contributed by atoms with van der Waals surface area (Å²) in [5.74, 6) is 0. The van der Waals surface area contributed by atoms with Gasteiger partial charge in [0, 0.05) is 16.5 Å². The quantitative estimate of drug-likeness (QED) is 0.0702. The SMILES string of the molecule is CCCCCCCCCCCCCCCCCCC/C=C/C(=Nc1ccccc1)C(CC)=Nc1ccccc1.[Ni]. The summed E-state index contributed by atoms with van der Waals surface area (Å²) >= 11 is 0. The molecule has 0 unspecified atom stereocenters. The summed E-state index contributed by atoms with van der Waals surface area (Å²) in [6.07, 6.45) is 30.5. The summed E-state index contributed by atoms with van der Waals surface area (Å²) in [5.41, 5.74) is 3.96. The molecule has 0 N–H and O–H groups in total. The van der Waals surface area contributed by atoms with Crippen molar-refractivity contribution in [1.82, 2.24) is 0 Å². The first-order valence-corrected chi connectivity index (χ1v) is 16.3. The van der Waals surface area contributed by atoms with Gasteiger partial charge in [-0.15, -0.1) is 0 Å². The topological polar surface area (TPSA) is 24.7 Å². The molecule has 0 saturated heterocycles. The average Bonchev–Trinajstić information content (AvgIpc) is 2.97. The van der Waals surface area contributed by atoms with E-state index in [1.54, 1.807) is 0 Å². The summed E-state index contributed by atoms with van der Waals surface area (Å²) < 4.78 is 0. The van der Waals surface area contributed by atoms with Gasteiger partial charge in [-0.25, -0.2) is 4.99 Å². The first-order chi connectivity index (χ1) is 19.3. The zero-order chi connectivity index (χ0) is 27.6. The molecule has 0 heterocycles. The maximum Gasteiger partial charge on any atom is 0.0848 e. The van der Waals surface area contributed by atoms with Crippen LogP contribution in [0.1, 0.15) is 136 Å². The molecule has 2 nitrogen and oxygen atoms in total. The Morgan fingerprint density at radius 1 is 0.525 bits per heavy atom. The number of hydrogen-bond donors (Lipinski definition) is 0. The van der Waals surface area contributed by atoms with Crippen LogP contribution < -0.4 is 0 Å². The smallest absolute Gasteiger partial charge is 0.0848 e. The van der Waals surface area contributed by atoms with Crippen molar-refractivity contribution in [1.29, 1.82) is 0 Å². The number of para-hydroxylation sites is 2. The van der Waals surface area contributed by atoms with E-state index in [1.165, 1.54) is 109 Å². The van der Waals surface area contributed by atoms with Crippen molar-refractivity contribution < 1.29 is 16.5 Å². The Bertz CT molecular complexity index is 918. The van der Waals surface area contributed by atoms with Crippen LogP contribution in [-0.4, -0.2) is 11.4 Å². The minimum Gasteiger partial charge on any atom is -0.251 e. The Hall–Kier alpha value is -1.99. The van der Waals surface area contributed by atoms with Crippen LogP contribution in [0.3, 0.4) is 0 Å². The van der Waals surface area contributed by atoms with Crippen molar-refractivity contribution in [3.05, 3.63) is 72.8 Å². The number of nitrogens with zero attached hydrogens (tertiary/aromatic N) is 2. The van der Waals surface area contributed by atoms with E-state index in [1.807, 2.05) is 36.4 Å². The predicted molar refractivity (Wildman–Crippen MR) is 175 cm³/mol. The fourth-order valence-electron chi connectivity index (χ4n) is 5.00. The molecule has 0 amide bonds. The summed E-state index contributed by atoms with van der Waals surface area (Å²) in [5, 5.41) is 0. The third kappa shape index (κ3) is 18.4. The minimum atomic E-state index is 0. The van der Waals surface area contributed by atoms with Gasteiger partial charge in [-0.3, -0.25) is 4.99 Å². The number of unbranched alkanes of at least 4 members (excludes halogenated alkanes) is 17. The normalized spacial score (nSPS) is 12.2. The first kappa shape index (κ1) is 36.0. The van der Waals surface area contributed by atoms with E-state index in [0.717, 1.165) is 35.6 Å². The number of allylic oxidation sites excluding steroid dienone is 2. The summed E-state index contributed by atoms with van der Waals surface area (Å²) in [6.45, 7) is 4.46. The van der Waals surface area contributed by atoms with Crippen LogP contribution in [-0.2, 0) is 16.5 Å². The summed E-state index contributed by atoms with van der Waals surface area (Å²) in [4.78, 5) is 9.85. The molecule has 0 atom stereocenters. The van der Waals surface area contributed by atoms with Gasteiger partial charge in [0.15, 0.2) is 0 Å². The number of benzene rings is 2. The second-order valence-corrected chi connectivity index (χ2v) is 10.9. The third-order valence-corrected chi connectivity index (χ3v) is 7.41. The molecular weight excluding hydrogens is 531 g/mol. The fraction of sp³-hybridized carbons (Fsp3) is 0.568. The molecule has 2 aromatic carbocycles. The van der Waals surface area contributed by atoms with Crippen LogP contribution in [0.2, 0.25) is 0 Å². The van der Waals surface area contributed by atoms with E-state index < -0.39 is 0 Å². The van der Waals surface area contributed by atoms with Gasteiger partial charge in [-0.1, -0.05) is 159 Å². The fourth-order valence-corrected chi connectivity index (χ4v) is 5.00. The van der Waals surface area contributed by atoms with Gasteiger partial charge >= 0.3 is 0 Å². The van der Waals surface area contributed by atoms with Crippen molar-refractivity contribution >= 4 is 22.8 Å². The zero-order valence-electron chi connectivity index (χ0n) is 25.6. The molecule has 224 valence electrons. The van der Waals surface area contributed by atoms with Crippen LogP contribution in [0.15, 0.2) is 82.8 Å². The minimum absolute atomic E-state index is 0. The molecule has 0 bridgehead atoms. The van der Waals surface area contributed by atoms with Gasteiger partial charge in [0.1, 0.15) is 0 Å². The van der Waals surface area contributed by atoms with Gasteiger partial charge in [0.05, 0.1) is 22.8 Å². The Kier molecular flexibility index (Phi) is 23.4. The van der Waals surface area contributed by atoms with E-state index in [4.69, 9.17) is 9.98 Å². The molecule has 2 aromatic rings. The molecule has 0 spiro atoms. The van der Waals surface area contributed by atoms with Crippen LogP contribution in [0, 0.1) is 0 Å². The summed E-state index contributed by atoms with van der Waals surface area (Å²) in [6, 6.07) is 20.4. The van der Waals surface area contributed by atoms with Crippen LogP contribution in [0.4, 0.5) is 11.4 Å². The second-order valence-electron chi connectivity index (χ2n) is 10.9. The molecule has 2 rings (SSSR count). The van der Waals surface area contributed by atoms with Gasteiger partial charge in [-0.2, -0.15) is 0 Å². The summed E-state index contributed by atoms with van der Waals surface area (Å²) in [7, 11) is 0. The molecule has 3 heteroatoms. The Balaban J connectivity index is 0.00000800. The van der Waals surface area contributed by atoms with Crippen molar-refractivity contribution in [3.63, 3.8) is 0 Å². The van der Waals surface area contributed by atoms with Gasteiger partial charge < -0.3 is 0 Å². The third-order valence-electron chi connectivity index (χ3n) is 7.41. The zero-order valence-corrected chi connectivity index (χ0v) is 26.6. The van der Waals surface area contributed by atoms with E-state index in [-0.39, 0.29) is 16.5 Å². The van der Waals surface area contributed by atoms with E-state index in [2.05, 4.69) is 50.3 Å². The van der Waals surface area contributed by atoms with Crippen LogP contribution >= 0.6 is 0 Å². The standard InChI is InChI=1S/C37H56N2.Ni/c1-3-5-6-7-8-9-10-11-12-13-14-15-16-17-18-19-20-21-28-33-37(39-35-31-26-23-27-32-35)36(4-2)38-34-29-24-22-25-30-34;/h22-33H,3-21H2,1-2H3;/b33-28+,38-36?,39-37?;. The largest absolute Gasteiger partial charge is 0.251 e. The van der Waals surface area contributed by atoms with Crippen molar-refractivity contribution in [2.24, 2.45) is 9.98 Å². The molecular formula is C37H56N2Ni. The monoisotopic (exact) mass is 586 g/mol. The molecule has 0 saturated carbocycles. The number of hydrogen-bond acceptors (Lipinski definition) is 2. The van der Waals surface area contributed by atoms with Gasteiger partial charge in [0.2, 0.25) is 0 Å². The predicted octanol–water partition coefficient (Wildman–Crippen LogP) is 12.5. The maximum absolute atomic E-state index is 4.94. The van der Waals surface area contributed by atoms with E-state index >= 15 is 0 Å². The number of aliphatic imine (C=N–C) groups is 2. The van der Waals surface area contributed by atoms with E-state index in [9.17, 15) is 0 Å². The van der Waals surface area contributed by atoms with Crippen molar-refractivity contribution in [3.8, 4) is 0 Å². The Morgan fingerprint density at radius 2 is 0.925 bits per heavy atom. The van der Waals surface area contributed by atoms with Crippen LogP contribution in [0.5, 0.6) is 0 Å². The van der Waals surface area contributed by atoms with Crippen molar-refractivity contribution in [2.75, 3.05) is 0 Å². The van der Waals surface area contributed by atoms with Gasteiger partial charge in [-0.05, 0) is 49.6 Å². The molecule has 40 heavy (non-hydrogen) atoms. The molecule has 0 aliphatic rings. The molecule has 0 fully saturated rings. The van der Waals surface area contributed by atoms with Crippen LogP contribution in [0.25, 0.3) is 0 Å². The molecule has 0 aliphatic carbocycles. The first-order valence-electron chi connectivity index (χ1n) is 16.3. The number of rotatable bonds is 23. The van der Waals surface area contributed by atoms with Gasteiger partial charge in [0.25, 0.3) is 0 Å². The molecule has 0 aliphatic heterocycles. The van der Waals surface area contributed by atoms with E-state index in [0.29, 0.717) is 0 Å². The Labute approximate surface area is 257 Å². The second kappa shape index (κ2) is 25.9. The van der Waals surface area contributed by atoms with Crippen molar-refractivity contribution in [2.45, 2.75) is 136 Å². The maximum atomic E-state index is 4.94. The Morgan fingerprint density at radius 3 is 1.35 bits per heavy atom. The average molecular weight is 588 g/mol.